The van der Waals surface area contributed by atoms with Gasteiger partial charge in [-0.15, -0.1) is 0 Å². The van der Waals surface area contributed by atoms with Crippen molar-refractivity contribution in [2.24, 2.45) is 0 Å². The monoisotopic (exact) mass is 257 g/mol. The Hall–Kier alpha value is -1.75. The van der Waals surface area contributed by atoms with Gasteiger partial charge in [0.1, 0.15) is 0 Å². The van der Waals surface area contributed by atoms with E-state index in [9.17, 15) is 9.59 Å². The van der Waals surface area contributed by atoms with Gasteiger partial charge < -0.3 is 9.47 Å². The molecule has 0 aliphatic rings. The van der Waals surface area contributed by atoms with Crippen molar-refractivity contribution in [2.45, 2.75) is 0 Å². The lowest BCUT2D eigenvalue weighted by atomic mass is 10.1. The third-order valence-corrected chi connectivity index (χ3v) is 2.23. The SMILES string of the molecule is COC(=O)c1ccccc1N(C)C(=O)OCCl. The summed E-state index contributed by atoms with van der Waals surface area (Å²) >= 11 is 5.30. The molecule has 0 saturated heterocycles. The first kappa shape index (κ1) is 13.3. The van der Waals surface area contributed by atoms with Gasteiger partial charge >= 0.3 is 12.1 Å². The third-order valence-electron chi connectivity index (χ3n) is 2.12. The standard InChI is InChI=1S/C11H12ClNO4/c1-13(11(15)17-7-12)9-6-4-3-5-8(9)10(14)16-2/h3-6H,7H2,1-2H3. The minimum Gasteiger partial charge on any atom is -0.465 e. The molecule has 0 N–H and O–H groups in total. The number of esters is 1. The van der Waals surface area contributed by atoms with Gasteiger partial charge in [-0.3, -0.25) is 4.90 Å². The number of ether oxygens (including phenoxy) is 2. The Labute approximate surface area is 104 Å². The summed E-state index contributed by atoms with van der Waals surface area (Å²) in [4.78, 5) is 24.2. The average Bonchev–Trinajstić information content (AvgIpc) is 2.37. The normalized spacial score (nSPS) is 9.59. The first-order valence-electron chi connectivity index (χ1n) is 4.75. The maximum absolute atomic E-state index is 11.5. The van der Waals surface area contributed by atoms with Crippen LogP contribution in [0.2, 0.25) is 0 Å². The Morgan fingerprint density at radius 3 is 2.59 bits per heavy atom. The smallest absolute Gasteiger partial charge is 0.415 e. The van der Waals surface area contributed by atoms with Gasteiger partial charge in [0.25, 0.3) is 0 Å². The minimum absolute atomic E-state index is 0.246. The van der Waals surface area contributed by atoms with Crippen LogP contribution in [-0.2, 0) is 9.47 Å². The zero-order valence-electron chi connectivity index (χ0n) is 9.47. The molecule has 0 atom stereocenters. The molecular weight excluding hydrogens is 246 g/mol. The van der Waals surface area contributed by atoms with E-state index >= 15 is 0 Å². The largest absolute Gasteiger partial charge is 0.465 e. The highest BCUT2D eigenvalue weighted by Crippen LogP contribution is 2.20. The van der Waals surface area contributed by atoms with Crippen molar-refractivity contribution >= 4 is 29.4 Å². The Morgan fingerprint density at radius 1 is 1.35 bits per heavy atom. The van der Waals surface area contributed by atoms with Gasteiger partial charge in [-0.1, -0.05) is 23.7 Å². The summed E-state index contributed by atoms with van der Waals surface area (Å²) < 4.78 is 9.25. The number of carbonyl (C=O) groups excluding carboxylic acids is 2. The molecule has 1 amide bonds. The molecule has 0 bridgehead atoms. The van der Waals surface area contributed by atoms with Crippen LogP contribution in [0.25, 0.3) is 0 Å². The van der Waals surface area contributed by atoms with E-state index in [1.54, 1.807) is 24.3 Å². The van der Waals surface area contributed by atoms with E-state index in [0.29, 0.717) is 5.69 Å². The van der Waals surface area contributed by atoms with Crippen molar-refractivity contribution in [1.82, 2.24) is 0 Å². The molecule has 0 heterocycles. The van der Waals surface area contributed by atoms with Crippen LogP contribution < -0.4 is 4.90 Å². The van der Waals surface area contributed by atoms with Crippen LogP contribution in [0, 0.1) is 0 Å². The highest BCUT2D eigenvalue weighted by molar-refractivity contribution is 6.17. The number of hydrogen-bond acceptors (Lipinski definition) is 4. The molecule has 1 rings (SSSR count). The molecule has 0 unspecified atom stereocenters. The molecule has 0 radical (unpaired) electrons. The number of carbonyl (C=O) groups is 2. The van der Waals surface area contributed by atoms with Gasteiger partial charge in [0.05, 0.1) is 18.4 Å². The highest BCUT2D eigenvalue weighted by Gasteiger charge is 2.19. The zero-order chi connectivity index (χ0) is 12.8. The molecular formula is C11H12ClNO4. The van der Waals surface area contributed by atoms with Crippen LogP contribution in [0.5, 0.6) is 0 Å². The fourth-order valence-corrected chi connectivity index (χ4v) is 1.38. The molecule has 1 aromatic rings. The van der Waals surface area contributed by atoms with E-state index in [0.717, 1.165) is 0 Å². The van der Waals surface area contributed by atoms with Crippen LogP contribution >= 0.6 is 11.6 Å². The van der Waals surface area contributed by atoms with E-state index in [2.05, 4.69) is 9.47 Å². The van der Waals surface area contributed by atoms with Crippen LogP contribution in [0.1, 0.15) is 10.4 Å². The minimum atomic E-state index is -0.642. The molecule has 0 aliphatic heterocycles. The first-order valence-corrected chi connectivity index (χ1v) is 5.29. The summed E-state index contributed by atoms with van der Waals surface area (Å²) in [5, 5.41) is 0. The maximum atomic E-state index is 11.5. The molecule has 0 spiro atoms. The van der Waals surface area contributed by atoms with Gasteiger partial charge in [-0.2, -0.15) is 0 Å². The Kier molecular flexibility index (Phi) is 4.78. The quantitative estimate of drug-likeness (QED) is 0.616. The summed E-state index contributed by atoms with van der Waals surface area (Å²) in [5.74, 6) is -0.522. The molecule has 17 heavy (non-hydrogen) atoms. The topological polar surface area (TPSA) is 55.8 Å². The second-order valence-corrected chi connectivity index (χ2v) is 3.31. The predicted octanol–water partition coefficient (Wildman–Crippen LogP) is 2.24. The lowest BCUT2D eigenvalue weighted by molar-refractivity contribution is 0.0601. The maximum Gasteiger partial charge on any atom is 0.415 e. The third kappa shape index (κ3) is 3.10. The van der Waals surface area contributed by atoms with E-state index in [1.807, 2.05) is 0 Å². The van der Waals surface area contributed by atoms with E-state index in [1.165, 1.54) is 19.1 Å². The van der Waals surface area contributed by atoms with Crippen molar-refractivity contribution in [3.05, 3.63) is 29.8 Å². The molecule has 0 aliphatic carbocycles. The van der Waals surface area contributed by atoms with Gasteiger partial charge in [0.15, 0.2) is 6.07 Å². The first-order chi connectivity index (χ1) is 8.11. The fourth-order valence-electron chi connectivity index (χ4n) is 1.29. The fraction of sp³-hybridized carbons (Fsp3) is 0.273. The number of methoxy groups -OCH3 is 1. The van der Waals surface area contributed by atoms with Crippen LogP contribution in [0.15, 0.2) is 24.3 Å². The molecule has 5 nitrogen and oxygen atoms in total. The average molecular weight is 258 g/mol. The summed E-state index contributed by atoms with van der Waals surface area (Å²) in [6.45, 7) is 0. The lowest BCUT2D eigenvalue weighted by Crippen LogP contribution is -2.28. The Bertz CT molecular complexity index is 422. The molecule has 92 valence electrons. The van der Waals surface area contributed by atoms with Crippen LogP contribution in [0.4, 0.5) is 10.5 Å². The number of alkyl halides is 1. The zero-order valence-corrected chi connectivity index (χ0v) is 10.2. The van der Waals surface area contributed by atoms with E-state index < -0.39 is 12.1 Å². The Balaban J connectivity index is 3.04. The number of hydrogen-bond donors (Lipinski definition) is 0. The van der Waals surface area contributed by atoms with Gasteiger partial charge in [-0.25, -0.2) is 9.59 Å². The summed E-state index contributed by atoms with van der Waals surface area (Å²) in [7, 11) is 2.76. The number of rotatable bonds is 3. The molecule has 0 aromatic heterocycles. The summed E-state index contributed by atoms with van der Waals surface area (Å²) in [6, 6.07) is 6.31. The lowest BCUT2D eigenvalue weighted by Gasteiger charge is -2.18. The molecule has 0 fully saturated rings. The molecule has 1 aromatic carbocycles. The van der Waals surface area contributed by atoms with Crippen LogP contribution in [0.3, 0.4) is 0 Å². The van der Waals surface area contributed by atoms with E-state index in [4.69, 9.17) is 11.6 Å². The number of para-hydroxylation sites is 1. The molecule has 0 saturated carbocycles. The van der Waals surface area contributed by atoms with Crippen LogP contribution in [-0.4, -0.2) is 32.3 Å². The number of anilines is 1. The molecule has 6 heteroatoms. The van der Waals surface area contributed by atoms with Crippen molar-refractivity contribution in [1.29, 1.82) is 0 Å². The number of benzene rings is 1. The summed E-state index contributed by atoms with van der Waals surface area (Å²) in [5.41, 5.74) is 0.679. The van der Waals surface area contributed by atoms with E-state index in [-0.39, 0.29) is 11.6 Å². The van der Waals surface area contributed by atoms with Crippen molar-refractivity contribution in [2.75, 3.05) is 25.1 Å². The van der Waals surface area contributed by atoms with Crippen molar-refractivity contribution in [3.63, 3.8) is 0 Å². The highest BCUT2D eigenvalue weighted by atomic mass is 35.5. The van der Waals surface area contributed by atoms with Gasteiger partial charge in [0.2, 0.25) is 0 Å². The second-order valence-electron chi connectivity index (χ2n) is 3.09. The van der Waals surface area contributed by atoms with Gasteiger partial charge in [0, 0.05) is 7.05 Å². The second kappa shape index (κ2) is 6.10. The summed E-state index contributed by atoms with van der Waals surface area (Å²) in [6.07, 6.45) is -0.642. The van der Waals surface area contributed by atoms with Gasteiger partial charge in [-0.05, 0) is 12.1 Å². The number of nitrogens with zero attached hydrogens (tertiary/aromatic N) is 1. The number of amides is 1. The van der Waals surface area contributed by atoms with Crippen molar-refractivity contribution in [3.8, 4) is 0 Å². The van der Waals surface area contributed by atoms with Crippen molar-refractivity contribution < 1.29 is 19.1 Å². The predicted molar refractivity (Wildman–Crippen MR) is 63.4 cm³/mol. The number of halogens is 1. The Morgan fingerprint density at radius 2 is 2.00 bits per heavy atom.